The monoisotopic (exact) mass is 344 g/mol. The van der Waals surface area contributed by atoms with Crippen LogP contribution in [0.3, 0.4) is 0 Å². The fraction of sp³-hybridized carbons (Fsp3) is 0.353. The first kappa shape index (κ1) is 16.6. The van der Waals surface area contributed by atoms with Gasteiger partial charge in [0.1, 0.15) is 11.7 Å². The van der Waals surface area contributed by atoms with Gasteiger partial charge in [0, 0.05) is 18.5 Å². The summed E-state index contributed by atoms with van der Waals surface area (Å²) in [7, 11) is 1.74. The molecule has 2 heterocycles. The summed E-state index contributed by atoms with van der Waals surface area (Å²) in [5.74, 6) is 0.790. The van der Waals surface area contributed by atoms with E-state index in [0.717, 1.165) is 16.9 Å². The summed E-state index contributed by atoms with van der Waals surface area (Å²) in [6, 6.07) is 8.90. The van der Waals surface area contributed by atoms with Gasteiger partial charge in [-0.05, 0) is 32.0 Å². The lowest BCUT2D eigenvalue weighted by Crippen LogP contribution is -2.45. The molecule has 0 spiro atoms. The van der Waals surface area contributed by atoms with Crippen molar-refractivity contribution in [2.24, 2.45) is 7.05 Å². The van der Waals surface area contributed by atoms with Crippen LogP contribution in [0.1, 0.15) is 21.7 Å². The number of anilines is 1. The van der Waals surface area contributed by atoms with E-state index < -0.39 is 6.04 Å². The van der Waals surface area contributed by atoms with Gasteiger partial charge >= 0.3 is 0 Å². The van der Waals surface area contributed by atoms with Crippen LogP contribution in [0.2, 0.25) is 0 Å². The van der Waals surface area contributed by atoms with Crippen molar-refractivity contribution < 1.29 is 9.59 Å². The van der Waals surface area contributed by atoms with Crippen LogP contribution in [0.25, 0.3) is 0 Å². The number of hydrogen-bond donors (Lipinski definition) is 1. The highest BCUT2D eigenvalue weighted by Crippen LogP contribution is 2.24. The fourth-order valence-corrected chi connectivity index (χ4v) is 3.83. The minimum absolute atomic E-state index is 0.156. The Kier molecular flexibility index (Phi) is 4.62. The molecule has 1 aromatic carbocycles. The molecule has 1 fully saturated rings. The minimum Gasteiger partial charge on any atom is -0.324 e. The molecule has 6 nitrogen and oxygen atoms in total. The van der Waals surface area contributed by atoms with Crippen LogP contribution in [0.4, 0.5) is 5.69 Å². The van der Waals surface area contributed by atoms with Gasteiger partial charge in [-0.2, -0.15) is 5.10 Å². The summed E-state index contributed by atoms with van der Waals surface area (Å²) in [5.41, 5.74) is 3.16. The first-order chi connectivity index (χ1) is 11.5. The zero-order chi connectivity index (χ0) is 17.3. The van der Waals surface area contributed by atoms with E-state index in [1.54, 1.807) is 34.5 Å². The molecule has 2 aromatic rings. The number of thioether (sulfide) groups is 1. The molecule has 1 aliphatic rings. The molecular weight excluding hydrogens is 324 g/mol. The van der Waals surface area contributed by atoms with Crippen LogP contribution in [0.5, 0.6) is 0 Å². The third-order valence-corrected chi connectivity index (χ3v) is 5.00. The van der Waals surface area contributed by atoms with Crippen LogP contribution in [0, 0.1) is 13.8 Å². The van der Waals surface area contributed by atoms with E-state index in [9.17, 15) is 9.59 Å². The zero-order valence-electron chi connectivity index (χ0n) is 13.9. The smallest absolute Gasteiger partial charge is 0.273 e. The average Bonchev–Trinajstić information content (AvgIpc) is 3.15. The highest BCUT2D eigenvalue weighted by molar-refractivity contribution is 7.99. The molecule has 0 bridgehead atoms. The minimum atomic E-state index is -0.473. The van der Waals surface area contributed by atoms with E-state index in [1.807, 2.05) is 38.1 Å². The molecular formula is C17H20N4O2S. The van der Waals surface area contributed by atoms with Gasteiger partial charge in [-0.1, -0.05) is 17.7 Å². The van der Waals surface area contributed by atoms with Crippen LogP contribution >= 0.6 is 11.8 Å². The van der Waals surface area contributed by atoms with Gasteiger partial charge in [0.2, 0.25) is 5.91 Å². The predicted octanol–water partition coefficient (Wildman–Crippen LogP) is 2.19. The van der Waals surface area contributed by atoms with Gasteiger partial charge in [-0.3, -0.25) is 14.3 Å². The number of aryl methyl sites for hydroxylation is 3. The maximum Gasteiger partial charge on any atom is 0.273 e. The van der Waals surface area contributed by atoms with E-state index in [1.165, 1.54) is 0 Å². The highest BCUT2D eigenvalue weighted by atomic mass is 32.2. The molecule has 126 valence electrons. The summed E-state index contributed by atoms with van der Waals surface area (Å²) in [6.07, 6.45) is 0. The molecule has 1 saturated heterocycles. The Morgan fingerprint density at radius 1 is 1.25 bits per heavy atom. The van der Waals surface area contributed by atoms with E-state index >= 15 is 0 Å². The molecule has 1 N–H and O–H groups in total. The number of carbonyl (C=O) groups is 2. The van der Waals surface area contributed by atoms with Crippen molar-refractivity contribution in [2.45, 2.75) is 19.9 Å². The van der Waals surface area contributed by atoms with Gasteiger partial charge in [0.05, 0.1) is 11.6 Å². The van der Waals surface area contributed by atoms with Crippen molar-refractivity contribution in [2.75, 3.05) is 16.9 Å². The third kappa shape index (κ3) is 3.31. The lowest BCUT2D eigenvalue weighted by molar-refractivity contribution is -0.119. The Morgan fingerprint density at radius 2 is 1.96 bits per heavy atom. The van der Waals surface area contributed by atoms with Crippen LogP contribution in [-0.2, 0) is 11.8 Å². The number of nitrogens with zero attached hydrogens (tertiary/aromatic N) is 3. The van der Waals surface area contributed by atoms with Crippen molar-refractivity contribution >= 4 is 29.3 Å². The van der Waals surface area contributed by atoms with Gasteiger partial charge in [-0.25, -0.2) is 0 Å². The average molecular weight is 344 g/mol. The fourth-order valence-electron chi connectivity index (χ4n) is 2.68. The van der Waals surface area contributed by atoms with Crippen molar-refractivity contribution in [3.8, 4) is 0 Å². The SMILES string of the molecule is Cc1ccc(NC(=O)[C@H]2CSCN2C(=O)c2cc(C)nn2C)cc1. The Bertz CT molecular complexity index is 769. The van der Waals surface area contributed by atoms with E-state index in [-0.39, 0.29) is 11.8 Å². The molecule has 0 saturated carbocycles. The Balaban J connectivity index is 1.75. The number of benzene rings is 1. The maximum absolute atomic E-state index is 12.8. The van der Waals surface area contributed by atoms with E-state index in [4.69, 9.17) is 0 Å². The molecule has 0 unspecified atom stereocenters. The largest absolute Gasteiger partial charge is 0.324 e. The third-order valence-electron chi connectivity index (χ3n) is 3.99. The Hall–Kier alpha value is -2.28. The topological polar surface area (TPSA) is 67.2 Å². The molecule has 24 heavy (non-hydrogen) atoms. The lowest BCUT2D eigenvalue weighted by atomic mass is 10.2. The molecule has 2 amide bonds. The standard InChI is InChI=1S/C17H20N4O2S/c1-11-4-6-13(7-5-11)18-16(22)15-9-24-10-21(15)17(23)14-8-12(2)19-20(14)3/h4-8,15H,9-10H2,1-3H3,(H,18,22)/t15-/m1/s1. The molecule has 0 aliphatic carbocycles. The summed E-state index contributed by atoms with van der Waals surface area (Å²) in [5, 5.41) is 7.11. The summed E-state index contributed by atoms with van der Waals surface area (Å²) < 4.78 is 1.57. The van der Waals surface area contributed by atoms with E-state index in [2.05, 4.69) is 10.4 Å². The number of amides is 2. The summed E-state index contributed by atoms with van der Waals surface area (Å²) in [6.45, 7) is 3.84. The summed E-state index contributed by atoms with van der Waals surface area (Å²) in [4.78, 5) is 27.0. The van der Waals surface area contributed by atoms with Crippen molar-refractivity contribution in [3.63, 3.8) is 0 Å². The molecule has 1 aromatic heterocycles. The van der Waals surface area contributed by atoms with Crippen molar-refractivity contribution in [1.29, 1.82) is 0 Å². The number of nitrogens with one attached hydrogen (secondary N) is 1. The number of carbonyl (C=O) groups excluding carboxylic acids is 2. The molecule has 7 heteroatoms. The van der Waals surface area contributed by atoms with Gasteiger partial charge < -0.3 is 10.2 Å². The quantitative estimate of drug-likeness (QED) is 0.927. The molecule has 1 aliphatic heterocycles. The molecule has 0 radical (unpaired) electrons. The maximum atomic E-state index is 12.8. The number of aromatic nitrogens is 2. The van der Waals surface area contributed by atoms with Crippen LogP contribution in [-0.4, -0.2) is 44.2 Å². The first-order valence-corrected chi connectivity index (χ1v) is 8.88. The predicted molar refractivity (Wildman–Crippen MR) is 95.0 cm³/mol. The molecule has 1 atom stereocenters. The van der Waals surface area contributed by atoms with Crippen LogP contribution < -0.4 is 5.32 Å². The number of rotatable bonds is 3. The Labute approximate surface area is 145 Å². The van der Waals surface area contributed by atoms with Gasteiger partial charge in [0.15, 0.2) is 0 Å². The van der Waals surface area contributed by atoms with Crippen molar-refractivity contribution in [1.82, 2.24) is 14.7 Å². The van der Waals surface area contributed by atoms with Crippen molar-refractivity contribution in [3.05, 3.63) is 47.3 Å². The number of hydrogen-bond acceptors (Lipinski definition) is 4. The normalized spacial score (nSPS) is 17.1. The Morgan fingerprint density at radius 3 is 2.58 bits per heavy atom. The second-order valence-corrected chi connectivity index (χ2v) is 6.94. The van der Waals surface area contributed by atoms with Gasteiger partial charge in [0.25, 0.3) is 5.91 Å². The summed E-state index contributed by atoms with van der Waals surface area (Å²) >= 11 is 1.58. The zero-order valence-corrected chi connectivity index (χ0v) is 14.8. The van der Waals surface area contributed by atoms with Gasteiger partial charge in [-0.15, -0.1) is 11.8 Å². The highest BCUT2D eigenvalue weighted by Gasteiger charge is 2.36. The second-order valence-electron chi connectivity index (χ2n) is 5.94. The van der Waals surface area contributed by atoms with E-state index in [0.29, 0.717) is 17.3 Å². The molecule has 3 rings (SSSR count). The lowest BCUT2D eigenvalue weighted by Gasteiger charge is -2.23. The first-order valence-electron chi connectivity index (χ1n) is 7.72. The van der Waals surface area contributed by atoms with Crippen LogP contribution in [0.15, 0.2) is 30.3 Å². The second kappa shape index (κ2) is 6.68.